The number of anilines is 1. The van der Waals surface area contributed by atoms with Crippen LogP contribution in [0.1, 0.15) is 23.9 Å². The number of nitrogens with zero attached hydrogens (tertiary/aromatic N) is 3. The van der Waals surface area contributed by atoms with Crippen molar-refractivity contribution in [2.24, 2.45) is 0 Å². The van der Waals surface area contributed by atoms with Crippen LogP contribution in [0.3, 0.4) is 0 Å². The smallest absolute Gasteiger partial charge is 0.292 e. The zero-order valence-electron chi connectivity index (χ0n) is 11.9. The van der Waals surface area contributed by atoms with E-state index < -0.39 is 0 Å². The molecule has 106 valence electrons. The standard InChI is InChI=1S/C14H18N4O2/c1-4-15-13-6-5-12(7-14(13)18(19)20)8-17-9-16-10(2)11(17)3/h5-7,9,15H,4,8H2,1-3H3. The number of nitrogens with one attached hydrogen (secondary N) is 1. The normalized spacial score (nSPS) is 10.6. The Bertz CT molecular complexity index is 634. The molecule has 1 heterocycles. The molecule has 0 amide bonds. The number of benzene rings is 1. The Morgan fingerprint density at radius 3 is 2.70 bits per heavy atom. The van der Waals surface area contributed by atoms with E-state index in [0.717, 1.165) is 17.0 Å². The van der Waals surface area contributed by atoms with Gasteiger partial charge in [-0.15, -0.1) is 0 Å². The van der Waals surface area contributed by atoms with Crippen LogP contribution in [0.5, 0.6) is 0 Å². The molecule has 1 N–H and O–H groups in total. The summed E-state index contributed by atoms with van der Waals surface area (Å²) in [6, 6.07) is 5.28. The first kappa shape index (κ1) is 14.0. The highest BCUT2D eigenvalue weighted by molar-refractivity contribution is 5.62. The Balaban J connectivity index is 2.31. The number of nitro groups is 1. The molecular weight excluding hydrogens is 256 g/mol. The summed E-state index contributed by atoms with van der Waals surface area (Å²) in [6.07, 6.45) is 1.76. The number of aryl methyl sites for hydroxylation is 1. The summed E-state index contributed by atoms with van der Waals surface area (Å²) >= 11 is 0. The van der Waals surface area contributed by atoms with Gasteiger partial charge in [-0.3, -0.25) is 10.1 Å². The van der Waals surface area contributed by atoms with Gasteiger partial charge in [-0.05, 0) is 32.4 Å². The second-order valence-electron chi connectivity index (χ2n) is 4.68. The lowest BCUT2D eigenvalue weighted by Crippen LogP contribution is -2.04. The maximum atomic E-state index is 11.1. The third kappa shape index (κ3) is 2.79. The molecule has 0 unspecified atom stereocenters. The molecule has 1 aromatic carbocycles. The SMILES string of the molecule is CCNc1ccc(Cn2cnc(C)c2C)cc1[N+](=O)[O-]. The van der Waals surface area contributed by atoms with Gasteiger partial charge in [-0.2, -0.15) is 0 Å². The highest BCUT2D eigenvalue weighted by Crippen LogP contribution is 2.26. The zero-order valence-corrected chi connectivity index (χ0v) is 11.9. The molecule has 0 aliphatic rings. The molecule has 0 saturated heterocycles. The molecule has 0 fully saturated rings. The molecule has 0 radical (unpaired) electrons. The minimum absolute atomic E-state index is 0.110. The summed E-state index contributed by atoms with van der Waals surface area (Å²) in [5.41, 5.74) is 3.60. The number of nitro benzene ring substituents is 1. The largest absolute Gasteiger partial charge is 0.380 e. The first-order valence-corrected chi connectivity index (χ1v) is 6.52. The molecule has 0 spiro atoms. The molecule has 0 bridgehead atoms. The van der Waals surface area contributed by atoms with E-state index in [0.29, 0.717) is 18.8 Å². The van der Waals surface area contributed by atoms with Crippen LogP contribution in [-0.4, -0.2) is 21.0 Å². The van der Waals surface area contributed by atoms with Crippen molar-refractivity contribution in [3.63, 3.8) is 0 Å². The summed E-state index contributed by atoms with van der Waals surface area (Å²) in [5.74, 6) is 0. The van der Waals surface area contributed by atoms with Gasteiger partial charge in [0, 0.05) is 24.8 Å². The molecule has 0 atom stereocenters. The van der Waals surface area contributed by atoms with Crippen LogP contribution in [0, 0.1) is 24.0 Å². The number of hydrogen-bond acceptors (Lipinski definition) is 4. The second-order valence-corrected chi connectivity index (χ2v) is 4.68. The zero-order chi connectivity index (χ0) is 14.7. The number of aromatic nitrogens is 2. The summed E-state index contributed by atoms with van der Waals surface area (Å²) in [5, 5.41) is 14.1. The van der Waals surface area contributed by atoms with E-state index in [9.17, 15) is 10.1 Å². The van der Waals surface area contributed by atoms with E-state index in [-0.39, 0.29) is 10.6 Å². The first-order chi connectivity index (χ1) is 9.52. The predicted octanol–water partition coefficient (Wildman–Crippen LogP) is 2.89. The first-order valence-electron chi connectivity index (χ1n) is 6.52. The number of hydrogen-bond donors (Lipinski definition) is 1. The minimum atomic E-state index is -0.354. The Kier molecular flexibility index (Phi) is 4.02. The molecule has 1 aromatic heterocycles. The summed E-state index contributed by atoms with van der Waals surface area (Å²) in [7, 11) is 0. The predicted molar refractivity (Wildman–Crippen MR) is 78.1 cm³/mol. The molecule has 2 rings (SSSR count). The van der Waals surface area contributed by atoms with Gasteiger partial charge in [0.15, 0.2) is 0 Å². The molecule has 0 aliphatic carbocycles. The van der Waals surface area contributed by atoms with Crippen molar-refractivity contribution < 1.29 is 4.92 Å². The second kappa shape index (κ2) is 5.73. The maximum absolute atomic E-state index is 11.1. The quantitative estimate of drug-likeness (QED) is 0.672. The lowest BCUT2D eigenvalue weighted by Gasteiger charge is -2.09. The average molecular weight is 274 g/mol. The van der Waals surface area contributed by atoms with Crippen LogP contribution in [0.25, 0.3) is 0 Å². The molecule has 6 heteroatoms. The average Bonchev–Trinajstić information content (AvgIpc) is 2.72. The molecule has 6 nitrogen and oxygen atoms in total. The molecule has 0 saturated carbocycles. The van der Waals surface area contributed by atoms with Crippen LogP contribution in [0.4, 0.5) is 11.4 Å². The van der Waals surface area contributed by atoms with Gasteiger partial charge in [-0.1, -0.05) is 6.07 Å². The van der Waals surface area contributed by atoms with E-state index >= 15 is 0 Å². The number of imidazole rings is 1. The van der Waals surface area contributed by atoms with Gasteiger partial charge in [0.25, 0.3) is 5.69 Å². The summed E-state index contributed by atoms with van der Waals surface area (Å²) in [6.45, 7) is 7.08. The summed E-state index contributed by atoms with van der Waals surface area (Å²) in [4.78, 5) is 15.0. The van der Waals surface area contributed by atoms with E-state index in [1.54, 1.807) is 18.5 Å². The van der Waals surface area contributed by atoms with Crippen molar-refractivity contribution in [3.8, 4) is 0 Å². The van der Waals surface area contributed by atoms with Gasteiger partial charge in [0.2, 0.25) is 0 Å². The monoisotopic (exact) mass is 274 g/mol. The van der Waals surface area contributed by atoms with Gasteiger partial charge >= 0.3 is 0 Å². The van der Waals surface area contributed by atoms with Crippen molar-refractivity contribution in [2.45, 2.75) is 27.3 Å². The van der Waals surface area contributed by atoms with E-state index in [4.69, 9.17) is 0 Å². The van der Waals surface area contributed by atoms with Crippen molar-refractivity contribution in [1.82, 2.24) is 9.55 Å². The Labute approximate surface area is 117 Å². The van der Waals surface area contributed by atoms with E-state index in [2.05, 4.69) is 10.3 Å². The lowest BCUT2D eigenvalue weighted by atomic mass is 10.1. The van der Waals surface area contributed by atoms with Crippen LogP contribution in [0.15, 0.2) is 24.5 Å². The van der Waals surface area contributed by atoms with Gasteiger partial charge < -0.3 is 9.88 Å². The van der Waals surface area contributed by atoms with Crippen LogP contribution >= 0.6 is 0 Å². The molecule has 20 heavy (non-hydrogen) atoms. The fraction of sp³-hybridized carbons (Fsp3) is 0.357. The van der Waals surface area contributed by atoms with Crippen LogP contribution in [-0.2, 0) is 6.54 Å². The van der Waals surface area contributed by atoms with Crippen molar-refractivity contribution in [2.75, 3.05) is 11.9 Å². The topological polar surface area (TPSA) is 73.0 Å². The Hall–Kier alpha value is -2.37. The van der Waals surface area contributed by atoms with E-state index in [1.807, 2.05) is 31.4 Å². The molecule has 2 aromatic rings. The van der Waals surface area contributed by atoms with E-state index in [1.165, 1.54) is 0 Å². The highest BCUT2D eigenvalue weighted by atomic mass is 16.6. The van der Waals surface area contributed by atoms with Crippen molar-refractivity contribution in [1.29, 1.82) is 0 Å². The number of rotatable bonds is 5. The van der Waals surface area contributed by atoms with Gasteiger partial charge in [-0.25, -0.2) is 4.98 Å². The Morgan fingerprint density at radius 1 is 1.40 bits per heavy atom. The van der Waals surface area contributed by atoms with Gasteiger partial charge in [0.05, 0.1) is 16.9 Å². The van der Waals surface area contributed by atoms with Crippen molar-refractivity contribution in [3.05, 3.63) is 51.6 Å². The Morgan fingerprint density at radius 2 is 2.15 bits per heavy atom. The van der Waals surface area contributed by atoms with Gasteiger partial charge in [0.1, 0.15) is 5.69 Å². The van der Waals surface area contributed by atoms with Crippen LogP contribution in [0.2, 0.25) is 0 Å². The maximum Gasteiger partial charge on any atom is 0.292 e. The minimum Gasteiger partial charge on any atom is -0.380 e. The fourth-order valence-corrected chi connectivity index (χ4v) is 2.07. The van der Waals surface area contributed by atoms with Crippen molar-refractivity contribution >= 4 is 11.4 Å². The fourth-order valence-electron chi connectivity index (χ4n) is 2.07. The lowest BCUT2D eigenvalue weighted by molar-refractivity contribution is -0.384. The summed E-state index contributed by atoms with van der Waals surface area (Å²) < 4.78 is 1.99. The highest BCUT2D eigenvalue weighted by Gasteiger charge is 2.14. The molecule has 0 aliphatic heterocycles. The van der Waals surface area contributed by atoms with Crippen LogP contribution < -0.4 is 5.32 Å². The third-order valence-electron chi connectivity index (χ3n) is 3.32. The third-order valence-corrected chi connectivity index (χ3v) is 3.32. The molecular formula is C14H18N4O2.